The van der Waals surface area contributed by atoms with Crippen LogP contribution < -0.4 is 0 Å². The number of hydrogen-bond donors (Lipinski definition) is 0. The van der Waals surface area contributed by atoms with Crippen LogP contribution in [0.3, 0.4) is 0 Å². The second kappa shape index (κ2) is 95.1. The maximum absolute atomic E-state index is 13.7. The molecule has 0 amide bonds. The summed E-state index contributed by atoms with van der Waals surface area (Å²) in [5, 5.41) is 0. The Morgan fingerprint density at radius 1 is 0.123 bits per heavy atom. The molecule has 138 heavy (non-hydrogen) atoms. The molecule has 0 fully saturated rings. The van der Waals surface area contributed by atoms with Crippen LogP contribution in [-0.4, -0.2) is 475 Å². The molecule has 0 saturated heterocycles. The molecule has 0 N–H and O–H groups in total. The van der Waals surface area contributed by atoms with Gasteiger partial charge in [0.05, 0.1) is 419 Å². The lowest BCUT2D eigenvalue weighted by Gasteiger charge is -2.19. The van der Waals surface area contributed by atoms with E-state index in [1.807, 2.05) is 0 Å². The molecule has 0 aliphatic heterocycles. The molecule has 0 aromatic heterocycles. The number of hydrogen-bond acceptors (Lipinski definition) is 40. The summed E-state index contributed by atoms with van der Waals surface area (Å²) < 4.78 is 198. The van der Waals surface area contributed by atoms with Crippen LogP contribution in [0, 0.1) is 0 Å². The van der Waals surface area contributed by atoms with Crippen LogP contribution in [0.2, 0.25) is 0 Å². The number of methoxy groups -OCH3 is 4. The summed E-state index contributed by atoms with van der Waals surface area (Å²) in [5.74, 6) is -2.34. The first-order valence-corrected chi connectivity index (χ1v) is 47.3. The quantitative estimate of drug-likeness (QED) is 0.0200. The minimum atomic E-state index is -0.586. The fraction of sp³-hybridized carbons (Fsp3) is 0.694. The third-order valence-electron chi connectivity index (χ3n) is 18.4. The van der Waals surface area contributed by atoms with Gasteiger partial charge in [-0.3, -0.25) is 0 Å². The molecule has 40 heteroatoms. The highest BCUT2D eigenvalue weighted by atomic mass is 16.6. The molecule has 0 bridgehead atoms. The summed E-state index contributed by atoms with van der Waals surface area (Å²) in [6, 6.07) is 27.5. The molecule has 0 heterocycles. The zero-order valence-corrected chi connectivity index (χ0v) is 81.8. The lowest BCUT2D eigenvalue weighted by atomic mass is 9.85. The van der Waals surface area contributed by atoms with Crippen LogP contribution in [0.1, 0.15) is 63.7 Å². The molecule has 0 radical (unpaired) electrons. The lowest BCUT2D eigenvalue weighted by Crippen LogP contribution is -2.15. The minimum Gasteiger partial charge on any atom is -0.460 e. The van der Waals surface area contributed by atoms with Crippen LogP contribution >= 0.6 is 0 Å². The van der Waals surface area contributed by atoms with Crippen LogP contribution in [0.5, 0.6) is 0 Å². The van der Waals surface area contributed by atoms with E-state index in [0.717, 1.165) is 0 Å². The predicted molar refractivity (Wildman–Crippen MR) is 502 cm³/mol. The average Bonchev–Trinajstić information content (AvgIpc) is 0.774. The molecule has 788 valence electrons. The maximum atomic E-state index is 13.7. The zero-order valence-electron chi connectivity index (χ0n) is 81.8. The number of carbonyl (C=O) groups is 4. The fourth-order valence-electron chi connectivity index (χ4n) is 11.4. The first-order chi connectivity index (χ1) is 68.3. The van der Waals surface area contributed by atoms with E-state index in [1.165, 1.54) is 0 Å². The van der Waals surface area contributed by atoms with Crippen molar-refractivity contribution in [1.82, 2.24) is 0 Å². The number of benzene rings is 4. The Hall–Kier alpha value is -6.78. The summed E-state index contributed by atoms with van der Waals surface area (Å²) >= 11 is 0. The van der Waals surface area contributed by atoms with E-state index >= 15 is 0 Å². The molecule has 0 unspecified atom stereocenters. The van der Waals surface area contributed by atoms with Crippen molar-refractivity contribution in [2.75, 3.05) is 451 Å². The van der Waals surface area contributed by atoms with Gasteiger partial charge in [-0.05, 0) is 81.9 Å². The van der Waals surface area contributed by atoms with Crippen molar-refractivity contribution in [3.8, 4) is 0 Å². The van der Waals surface area contributed by atoms with Crippen molar-refractivity contribution in [2.45, 2.75) is 0 Å². The Bertz CT molecular complexity index is 2980. The summed E-state index contributed by atoms with van der Waals surface area (Å²) in [7, 11) is 6.51. The second-order valence-corrected chi connectivity index (χ2v) is 28.7. The van der Waals surface area contributed by atoms with E-state index in [4.69, 9.17) is 171 Å². The van der Waals surface area contributed by atoms with Gasteiger partial charge in [0.2, 0.25) is 0 Å². The van der Waals surface area contributed by atoms with Crippen molar-refractivity contribution >= 4 is 35.0 Å². The molecular weight excluding hydrogens is 1820 g/mol. The molecule has 4 aromatic rings. The van der Waals surface area contributed by atoms with Gasteiger partial charge in [-0.25, -0.2) is 19.2 Å². The normalized spacial score (nSPS) is 11.5. The van der Waals surface area contributed by atoms with Gasteiger partial charge in [-0.1, -0.05) is 48.5 Å². The average molecular weight is 1970 g/mol. The molecule has 0 saturated carbocycles. The molecular formula is C98H156O40. The molecule has 4 rings (SSSR count). The Morgan fingerprint density at radius 2 is 0.203 bits per heavy atom. The van der Waals surface area contributed by atoms with E-state index in [1.54, 1.807) is 126 Å². The molecule has 0 aliphatic carbocycles. The van der Waals surface area contributed by atoms with Crippen molar-refractivity contribution in [3.05, 3.63) is 142 Å². The van der Waals surface area contributed by atoms with E-state index in [9.17, 15) is 19.2 Å². The highest BCUT2D eigenvalue weighted by Crippen LogP contribution is 2.38. The van der Waals surface area contributed by atoms with Gasteiger partial charge < -0.3 is 171 Å². The Morgan fingerprint density at radius 3 is 0.297 bits per heavy atom. The molecule has 0 atom stereocenters. The topological polar surface area (TPSA) is 401 Å². The number of rotatable bonds is 104. The smallest absolute Gasteiger partial charge is 0.338 e. The van der Waals surface area contributed by atoms with Gasteiger partial charge in [-0.15, -0.1) is 0 Å². The lowest BCUT2D eigenvalue weighted by molar-refractivity contribution is -0.0235. The van der Waals surface area contributed by atoms with Crippen molar-refractivity contribution < 1.29 is 190 Å². The van der Waals surface area contributed by atoms with Crippen LogP contribution in [0.15, 0.2) is 97.1 Å². The van der Waals surface area contributed by atoms with E-state index in [2.05, 4.69) is 0 Å². The van der Waals surface area contributed by atoms with Crippen molar-refractivity contribution in [3.63, 3.8) is 0 Å². The van der Waals surface area contributed by atoms with Crippen LogP contribution in [0.25, 0.3) is 11.1 Å². The number of ether oxygens (including phenoxy) is 36. The third-order valence-corrected chi connectivity index (χ3v) is 18.4. The third kappa shape index (κ3) is 70.8. The summed E-state index contributed by atoms with van der Waals surface area (Å²) in [5.41, 5.74) is 4.83. The highest BCUT2D eigenvalue weighted by Gasteiger charge is 2.22. The minimum absolute atomic E-state index is 0.0282. The SMILES string of the molecule is COCCOCCOCCOCCOCCOCCOCCOCCOC(=O)c1ccc(C(=C(c2ccc(C(=O)OCCOCCOCCOCCOCCOCCOCCOCCOC)cc2)c2ccc(C(=O)OCCOCCOCCOCCOCCOCCOCCOCCOC)cc2)c2ccc(C(=O)OCCOCCOCCOCCOCCOCCOCCOCCOC)cc2)cc1. The standard InChI is InChI=1S/C98H156O40/c1-103-21-25-107-29-33-111-37-41-115-45-49-119-53-57-123-61-65-127-69-73-131-77-81-135-95(99)89-13-5-85(6-14-89)93(86-7-15-90(16-8-86)96(100)136-82-78-132-74-70-128-66-62-124-58-54-120-50-46-116-42-38-112-34-30-108-26-22-104-2)94(87-9-17-91(18-10-87)97(101)137-83-79-133-75-71-129-67-63-125-59-55-121-51-47-117-43-39-113-35-31-109-27-23-105-3)88-11-19-92(20-12-88)98(102)138-84-80-134-76-72-130-68-64-126-60-56-122-52-48-118-44-40-114-36-32-110-28-24-106-4/h5-20H,21-84H2,1-4H3. The molecule has 0 spiro atoms. The van der Waals surface area contributed by atoms with Gasteiger partial charge >= 0.3 is 23.9 Å². The predicted octanol–water partition coefficient (Wildman–Crippen LogP) is 6.37. The van der Waals surface area contributed by atoms with Gasteiger partial charge in [0, 0.05) is 28.4 Å². The number of esters is 4. The van der Waals surface area contributed by atoms with Crippen LogP contribution in [0.4, 0.5) is 0 Å². The first kappa shape index (κ1) is 124. The van der Waals surface area contributed by atoms with Gasteiger partial charge in [-0.2, -0.15) is 0 Å². The second-order valence-electron chi connectivity index (χ2n) is 28.7. The van der Waals surface area contributed by atoms with E-state index < -0.39 is 23.9 Å². The monoisotopic (exact) mass is 1970 g/mol. The maximum Gasteiger partial charge on any atom is 0.338 e. The molecule has 40 nitrogen and oxygen atoms in total. The summed E-state index contributed by atoms with van der Waals surface area (Å²) in [4.78, 5) is 54.7. The van der Waals surface area contributed by atoms with E-state index in [-0.39, 0.29) is 102 Å². The van der Waals surface area contributed by atoms with E-state index in [0.29, 0.717) is 377 Å². The Balaban J connectivity index is 1.37. The van der Waals surface area contributed by atoms with Gasteiger partial charge in [0.15, 0.2) is 0 Å². The molecule has 4 aromatic carbocycles. The molecule has 0 aliphatic rings. The number of carbonyl (C=O) groups excluding carboxylic acids is 4. The fourth-order valence-corrected chi connectivity index (χ4v) is 11.4. The highest BCUT2D eigenvalue weighted by molar-refractivity contribution is 6.06. The Labute approximate surface area is 814 Å². The summed E-state index contributed by atoms with van der Waals surface area (Å²) in [6.45, 7) is 24.3. The van der Waals surface area contributed by atoms with Crippen LogP contribution in [-0.2, 0) is 171 Å². The first-order valence-electron chi connectivity index (χ1n) is 47.3. The summed E-state index contributed by atoms with van der Waals surface area (Å²) in [6.07, 6.45) is 0. The van der Waals surface area contributed by atoms with Crippen molar-refractivity contribution in [2.24, 2.45) is 0 Å². The Kier molecular flexibility index (Phi) is 85.1. The largest absolute Gasteiger partial charge is 0.460 e. The van der Waals surface area contributed by atoms with Gasteiger partial charge in [0.1, 0.15) is 26.4 Å². The van der Waals surface area contributed by atoms with Gasteiger partial charge in [0.25, 0.3) is 0 Å². The van der Waals surface area contributed by atoms with Crippen molar-refractivity contribution in [1.29, 1.82) is 0 Å². The zero-order chi connectivity index (χ0) is 98.1.